The summed E-state index contributed by atoms with van der Waals surface area (Å²) < 4.78 is 67.6. The summed E-state index contributed by atoms with van der Waals surface area (Å²) >= 11 is 6.33. The van der Waals surface area contributed by atoms with Gasteiger partial charge >= 0.3 is 24.1 Å². The molecule has 5 amide bonds. The quantitative estimate of drug-likeness (QED) is 0.00599. The number of unbranched alkanes of at least 4 members (excludes halogenated alkanes) is 4. The van der Waals surface area contributed by atoms with Gasteiger partial charge in [-0.2, -0.15) is 15.6 Å². The van der Waals surface area contributed by atoms with Crippen molar-refractivity contribution in [3.63, 3.8) is 0 Å². The van der Waals surface area contributed by atoms with Crippen molar-refractivity contribution in [3.05, 3.63) is 141 Å². The fraction of sp³-hybridized carbons (Fsp3) is 0.582. The highest BCUT2D eigenvalue weighted by Gasteiger charge is 2.57. The Bertz CT molecular complexity index is 4440. The summed E-state index contributed by atoms with van der Waals surface area (Å²) in [6.45, 7) is 25.5. The molecule has 8 N–H and O–H groups in total. The highest BCUT2D eigenvalue weighted by molar-refractivity contribution is 6.33. The zero-order valence-electron chi connectivity index (χ0n) is 72.7. The van der Waals surface area contributed by atoms with Crippen LogP contribution in [0.5, 0.6) is 23.0 Å². The molecule has 8 atom stereocenters. The lowest BCUT2D eigenvalue weighted by Crippen LogP contribution is -2.54. The van der Waals surface area contributed by atoms with Crippen LogP contribution in [0.3, 0.4) is 0 Å². The van der Waals surface area contributed by atoms with Crippen molar-refractivity contribution in [1.82, 2.24) is 36.1 Å². The van der Waals surface area contributed by atoms with E-state index >= 15 is 0 Å². The molecule has 122 heavy (non-hydrogen) atoms. The Morgan fingerprint density at radius 3 is 1.39 bits per heavy atom. The molecule has 4 saturated heterocycles. The normalized spacial score (nSPS) is 22.8. The Balaban J connectivity index is 0.000000176. The second kappa shape index (κ2) is 44.2. The molecule has 5 aromatic rings. The number of hydrogen-bond acceptors (Lipinski definition) is 24. The second-order valence-corrected chi connectivity index (χ2v) is 34.3. The molecule has 8 aliphatic rings. The molecule has 7 heterocycles. The summed E-state index contributed by atoms with van der Waals surface area (Å²) in [5.74, 6) is 7.01. The Morgan fingerprint density at radius 1 is 0.574 bits per heavy atom. The molecule has 31 heteroatoms. The maximum absolute atomic E-state index is 13.1. The fourth-order valence-corrected chi connectivity index (χ4v) is 15.5. The average Bonchev–Trinajstić information content (AvgIpc) is 1.58. The van der Waals surface area contributed by atoms with E-state index in [4.69, 9.17) is 95.6 Å². The number of rotatable bonds is 31. The number of alkyl carbamates (subject to hydrolysis) is 1. The minimum Gasteiger partial charge on any atom is -0.494 e. The molecule has 2 unspecified atom stereocenters. The number of carbonyl (C=O) groups is 7. The van der Waals surface area contributed by atoms with E-state index in [1.807, 2.05) is 110 Å². The number of amides is 5. The molecule has 1 aromatic heterocycles. The first-order chi connectivity index (χ1) is 58.4. The molecule has 0 spiro atoms. The van der Waals surface area contributed by atoms with Crippen molar-refractivity contribution in [3.8, 4) is 35.1 Å². The van der Waals surface area contributed by atoms with E-state index in [1.165, 1.54) is 44.9 Å². The van der Waals surface area contributed by atoms with Crippen LogP contribution in [0.4, 0.5) is 15.4 Å². The molecule has 30 nitrogen and oxygen atoms in total. The molecule has 2 aliphatic carbocycles. The van der Waals surface area contributed by atoms with Crippen molar-refractivity contribution in [2.75, 3.05) is 106 Å². The van der Waals surface area contributed by atoms with E-state index in [9.17, 15) is 33.6 Å². The van der Waals surface area contributed by atoms with Gasteiger partial charge in [0.25, 0.3) is 11.8 Å². The number of ether oxygens (including phenoxy) is 12. The first kappa shape index (κ1) is 95.6. The summed E-state index contributed by atoms with van der Waals surface area (Å²) in [7, 11) is 2.62. The van der Waals surface area contributed by atoms with Gasteiger partial charge in [-0.05, 0) is 163 Å². The molecule has 0 bridgehead atoms. The third kappa shape index (κ3) is 24.8. The van der Waals surface area contributed by atoms with Gasteiger partial charge in [0, 0.05) is 24.0 Å². The third-order valence-electron chi connectivity index (χ3n) is 22.4. The molecule has 6 fully saturated rings. The van der Waals surface area contributed by atoms with Crippen LogP contribution in [0.25, 0.3) is 0 Å². The summed E-state index contributed by atoms with van der Waals surface area (Å²) in [6, 6.07) is 33.9. The molecule has 4 aromatic carbocycles. The number of esters is 2. The molecular formula is C91H124ClN11O19. The lowest BCUT2D eigenvalue weighted by atomic mass is 9.75. The van der Waals surface area contributed by atoms with Gasteiger partial charge in [-0.3, -0.25) is 24.0 Å². The van der Waals surface area contributed by atoms with E-state index in [0.29, 0.717) is 82.1 Å². The number of halogens is 1. The van der Waals surface area contributed by atoms with Crippen LogP contribution in [-0.4, -0.2) is 168 Å². The zero-order valence-corrected chi connectivity index (χ0v) is 73.5. The summed E-state index contributed by atoms with van der Waals surface area (Å²) in [4.78, 5) is 86.0. The topological polar surface area (TPSA) is 399 Å². The van der Waals surface area contributed by atoms with E-state index in [2.05, 4.69) is 49.0 Å². The van der Waals surface area contributed by atoms with Crippen molar-refractivity contribution in [2.45, 2.75) is 211 Å². The van der Waals surface area contributed by atoms with Crippen molar-refractivity contribution < 1.29 is 90.4 Å². The van der Waals surface area contributed by atoms with Gasteiger partial charge in [0.15, 0.2) is 0 Å². The Hall–Kier alpha value is -10.2. The van der Waals surface area contributed by atoms with Crippen molar-refractivity contribution in [1.29, 1.82) is 10.5 Å². The predicted octanol–water partition coefficient (Wildman–Crippen LogP) is 13.3. The first-order valence-electron chi connectivity index (χ1n) is 42.6. The van der Waals surface area contributed by atoms with Crippen LogP contribution in [0.1, 0.15) is 210 Å². The molecule has 0 radical (unpaired) electrons. The van der Waals surface area contributed by atoms with Crippen LogP contribution >= 0.6 is 11.6 Å². The number of nitrogens with two attached hydrogens (primary N) is 2. The number of benzene rings is 4. The monoisotopic (exact) mass is 1710 g/mol. The Kier molecular flexibility index (Phi) is 34.7. The van der Waals surface area contributed by atoms with E-state index < -0.39 is 81.1 Å². The van der Waals surface area contributed by atoms with Crippen molar-refractivity contribution >= 4 is 59.3 Å². The van der Waals surface area contributed by atoms with Crippen molar-refractivity contribution in [2.24, 2.45) is 35.4 Å². The van der Waals surface area contributed by atoms with Gasteiger partial charge in [-0.1, -0.05) is 139 Å². The van der Waals surface area contributed by atoms with E-state index in [-0.39, 0.29) is 61.2 Å². The minimum atomic E-state index is -1.07. The van der Waals surface area contributed by atoms with Gasteiger partial charge in [0.05, 0.1) is 122 Å². The molecule has 13 rings (SSSR count). The van der Waals surface area contributed by atoms with Gasteiger partial charge in [0.1, 0.15) is 86.6 Å². The van der Waals surface area contributed by atoms with E-state index in [0.717, 1.165) is 122 Å². The van der Waals surface area contributed by atoms with E-state index in [1.54, 1.807) is 45.0 Å². The smallest absolute Gasteiger partial charge is 0.424 e. The highest BCUT2D eigenvalue weighted by Crippen LogP contribution is 2.49. The number of aromatic nitrogens is 2. The first-order valence-corrected chi connectivity index (χ1v) is 42.9. The minimum absolute atomic E-state index is 0.0256. The highest BCUT2D eigenvalue weighted by atomic mass is 35.5. The number of carbonyl (C=O) groups excluding carboxylic acids is 7. The molecule has 6 aliphatic heterocycles. The van der Waals surface area contributed by atoms with Crippen LogP contribution in [-0.2, 0) is 85.8 Å². The maximum Gasteiger partial charge on any atom is 0.424 e. The summed E-state index contributed by atoms with van der Waals surface area (Å²) in [6.07, 6.45) is 14.1. The Labute approximate surface area is 721 Å². The number of fused-ring (bicyclic) bond motifs is 4. The van der Waals surface area contributed by atoms with Gasteiger partial charge in [0.2, 0.25) is 5.91 Å². The number of hydrazine groups is 1. The lowest BCUT2D eigenvalue weighted by Gasteiger charge is -2.38. The van der Waals surface area contributed by atoms with Crippen LogP contribution in [0, 0.1) is 52.3 Å². The largest absolute Gasteiger partial charge is 0.494 e. The fourth-order valence-electron chi connectivity index (χ4n) is 15.2. The number of nitriles is 2. The molecule has 664 valence electrons. The lowest BCUT2D eigenvalue weighted by molar-refractivity contribution is -0.148. The summed E-state index contributed by atoms with van der Waals surface area (Å²) in [5.41, 5.74) is 6.36. The average molecular weight is 1710 g/mol. The zero-order chi connectivity index (χ0) is 88.4. The maximum atomic E-state index is 13.1. The van der Waals surface area contributed by atoms with Gasteiger partial charge in [-0.15, -0.1) is 0 Å². The Morgan fingerprint density at radius 2 is 0.975 bits per heavy atom. The number of nitrogen functional groups attached to an aromatic ring is 1. The number of nitrogens with zero attached hydrogens (tertiary/aromatic N) is 5. The molecular weight excluding hydrogens is 1590 g/mol. The number of nitrogens with one attached hydrogen (secondary N) is 4. The van der Waals surface area contributed by atoms with Crippen LogP contribution in [0.2, 0.25) is 0 Å². The second-order valence-electron chi connectivity index (χ2n) is 33.9. The van der Waals surface area contributed by atoms with Gasteiger partial charge < -0.3 is 83.8 Å². The standard InChI is InChI=1S/C23H30N4O3.C21H31NO6.C19H24N2O5.C18H19ClN2O3.C10H20N2O2/c1-2-3-12-30-17-8-6-16(7-9-17)23-14-29-13-18(23)20-19(22(28)25-23)21(24)27(26-20)11-10-15-4-5-15;1-6-7-12-27-16-10-8-15(9-11-16)21(22-19(24)28-20(2,3)4)14-26-13-17(21)18(23)25-5;1-3-4-11-26-15-7-5-14(6-8-15)19(21-17(22)9-10-20)13-25-12-16(19)18(23)24-2;1-2-3-8-24-13-6-4-12(5-7-13)18-11-23-10-15(18)16(19)14(9-20)17(22)21-18;1-10(2,3)14-9(13)12(11)7-6-8-4-5-8/h6-9,15,18H,2-5,10-14,24H2,1H3,(H,25,28);8-11,17H,6-7,12-14H2,1-5H3,(H,22,24);5-8,16H,3-4,9,11-13H2,1-2H3,(H,21,22);4-7,15H,2-3,8,10-11H2,1H3,(H,21,22);8H,4-7,11H2,1-3H3/t18-,23+;17?,21-;16?,19-;15-,18+;/m0110./s1. The number of methoxy groups -OCH3 is 2. The summed E-state index contributed by atoms with van der Waals surface area (Å²) in [5, 5.41) is 36.0. The number of aryl methyl sites for hydroxylation is 1. The number of hydrogen-bond donors (Lipinski definition) is 6. The third-order valence-corrected chi connectivity index (χ3v) is 22.8. The molecule has 2 saturated carbocycles. The van der Waals surface area contributed by atoms with Crippen LogP contribution < -0.4 is 51.8 Å². The SMILES string of the molecule is CC(C)(C)OC(=O)N(N)CCC1CC1.CCCCOc1ccc([C@]2(NC(=O)CC#N)COCC2C(=O)OC)cc1.CCCCOc1ccc([C@]2(NC(=O)OC(C)(C)C)COCC2C(=O)OC)cc1.CCCCOc1ccc([C@]23COC[C@H]2C(Cl)=C(C#N)C(=O)N3)cc1.CCCCOc1ccc([C@]23COC[C@H]2c2nn(CCC4CC4)c(N)c2C(=O)N3)cc1. The number of anilines is 1. The predicted molar refractivity (Wildman–Crippen MR) is 455 cm³/mol. The van der Waals surface area contributed by atoms with Gasteiger partial charge in [-0.25, -0.2) is 25.1 Å². The van der Waals surface area contributed by atoms with Crippen LogP contribution in [0.15, 0.2) is 108 Å².